The third-order valence-electron chi connectivity index (χ3n) is 2.49. The third kappa shape index (κ3) is 3.96. The Hall–Kier alpha value is -2.08. The topological polar surface area (TPSA) is 71.5 Å². The lowest BCUT2D eigenvalue weighted by atomic mass is 10.2. The van der Waals surface area contributed by atoms with E-state index in [1.165, 1.54) is 6.07 Å². The largest absolute Gasteiger partial charge is 0.492 e. The molecule has 2 N–H and O–H groups in total. The molecule has 20 heavy (non-hydrogen) atoms. The van der Waals surface area contributed by atoms with Crippen LogP contribution in [-0.4, -0.2) is 29.2 Å². The summed E-state index contributed by atoms with van der Waals surface area (Å²) in [6, 6.07) is 10.9. The number of aromatic nitrogens is 1. The molecule has 0 atom stereocenters. The van der Waals surface area contributed by atoms with Crippen LogP contribution in [0.3, 0.4) is 0 Å². The number of rotatable bonds is 6. The zero-order valence-corrected chi connectivity index (χ0v) is 12.1. The zero-order valence-electron chi connectivity index (χ0n) is 10.5. The minimum Gasteiger partial charge on any atom is -0.492 e. The summed E-state index contributed by atoms with van der Waals surface area (Å²) in [5, 5.41) is 12.0. The van der Waals surface area contributed by atoms with Gasteiger partial charge in [-0.05, 0) is 34.1 Å². The molecule has 0 bridgehead atoms. The fourth-order valence-corrected chi connectivity index (χ4v) is 1.93. The van der Waals surface area contributed by atoms with Crippen molar-refractivity contribution >= 4 is 27.7 Å². The summed E-state index contributed by atoms with van der Waals surface area (Å²) in [6.07, 6.45) is 1.55. The number of carboxylic acids is 1. The van der Waals surface area contributed by atoms with Gasteiger partial charge in [-0.15, -0.1) is 0 Å². The second kappa shape index (κ2) is 6.91. The molecule has 0 amide bonds. The Morgan fingerprint density at radius 1 is 1.35 bits per heavy atom. The van der Waals surface area contributed by atoms with Crippen LogP contribution in [0, 0.1) is 0 Å². The molecule has 1 aromatic carbocycles. The number of pyridine rings is 1. The molecule has 1 heterocycles. The maximum Gasteiger partial charge on any atom is 0.339 e. The summed E-state index contributed by atoms with van der Waals surface area (Å²) in [5.74, 6) is 0.0826. The van der Waals surface area contributed by atoms with Crippen molar-refractivity contribution in [3.63, 3.8) is 0 Å². The lowest BCUT2D eigenvalue weighted by Crippen LogP contribution is -2.15. The maximum absolute atomic E-state index is 11.1. The normalized spacial score (nSPS) is 10.1. The standard InChI is InChI=1S/C14H13BrN2O3/c15-10-8-12(14(18)19)13(17-9-10)16-6-7-20-11-4-2-1-3-5-11/h1-5,8-9H,6-7H2,(H,16,17)(H,18,19). The van der Waals surface area contributed by atoms with Gasteiger partial charge in [-0.1, -0.05) is 18.2 Å². The fraction of sp³-hybridized carbons (Fsp3) is 0.143. The molecular weight excluding hydrogens is 324 g/mol. The van der Waals surface area contributed by atoms with Crippen LogP contribution < -0.4 is 10.1 Å². The molecule has 5 nitrogen and oxygen atoms in total. The number of halogens is 1. The quantitative estimate of drug-likeness (QED) is 0.793. The first-order valence-corrected chi connectivity index (χ1v) is 6.76. The van der Waals surface area contributed by atoms with E-state index >= 15 is 0 Å². The molecule has 0 aliphatic heterocycles. The predicted molar refractivity (Wildman–Crippen MR) is 79.3 cm³/mol. The first-order valence-electron chi connectivity index (χ1n) is 5.97. The van der Waals surface area contributed by atoms with E-state index in [4.69, 9.17) is 9.84 Å². The van der Waals surface area contributed by atoms with Gasteiger partial charge in [0.25, 0.3) is 0 Å². The summed E-state index contributed by atoms with van der Waals surface area (Å²) < 4.78 is 6.13. The van der Waals surface area contributed by atoms with E-state index < -0.39 is 5.97 Å². The molecule has 0 saturated heterocycles. The SMILES string of the molecule is O=C(O)c1cc(Br)cnc1NCCOc1ccccc1. The van der Waals surface area contributed by atoms with E-state index in [1.807, 2.05) is 30.3 Å². The van der Waals surface area contributed by atoms with Crippen molar-refractivity contribution in [1.29, 1.82) is 0 Å². The predicted octanol–water partition coefficient (Wildman–Crippen LogP) is 3.03. The van der Waals surface area contributed by atoms with Gasteiger partial charge in [0.15, 0.2) is 0 Å². The van der Waals surface area contributed by atoms with E-state index in [-0.39, 0.29) is 5.56 Å². The molecule has 2 rings (SSSR count). The van der Waals surface area contributed by atoms with Gasteiger partial charge in [-0.25, -0.2) is 9.78 Å². The number of hydrogen-bond acceptors (Lipinski definition) is 4. The number of nitrogens with zero attached hydrogens (tertiary/aromatic N) is 1. The number of carbonyl (C=O) groups is 1. The molecule has 6 heteroatoms. The number of ether oxygens (including phenoxy) is 1. The highest BCUT2D eigenvalue weighted by Crippen LogP contribution is 2.17. The zero-order chi connectivity index (χ0) is 14.4. The van der Waals surface area contributed by atoms with Gasteiger partial charge in [0.2, 0.25) is 0 Å². The van der Waals surface area contributed by atoms with Crippen LogP contribution in [0.1, 0.15) is 10.4 Å². The number of anilines is 1. The van der Waals surface area contributed by atoms with Gasteiger partial charge in [0, 0.05) is 10.7 Å². The maximum atomic E-state index is 11.1. The second-order valence-electron chi connectivity index (χ2n) is 3.94. The third-order valence-corrected chi connectivity index (χ3v) is 2.92. The fourth-order valence-electron chi connectivity index (χ4n) is 1.60. The van der Waals surface area contributed by atoms with Gasteiger partial charge in [0.05, 0.1) is 6.54 Å². The van der Waals surface area contributed by atoms with Gasteiger partial charge < -0.3 is 15.2 Å². The van der Waals surface area contributed by atoms with Crippen LogP contribution in [0.15, 0.2) is 47.1 Å². The monoisotopic (exact) mass is 336 g/mol. The summed E-state index contributed by atoms with van der Waals surface area (Å²) >= 11 is 3.20. The van der Waals surface area contributed by atoms with Crippen LogP contribution in [0.5, 0.6) is 5.75 Å². The molecule has 0 spiro atoms. The molecule has 1 aromatic heterocycles. The first-order chi connectivity index (χ1) is 9.66. The van der Waals surface area contributed by atoms with E-state index in [2.05, 4.69) is 26.2 Å². The summed E-state index contributed by atoms with van der Waals surface area (Å²) in [7, 11) is 0. The van der Waals surface area contributed by atoms with Crippen LogP contribution in [0.25, 0.3) is 0 Å². The minimum absolute atomic E-state index is 0.124. The number of benzene rings is 1. The molecule has 0 aliphatic carbocycles. The average molecular weight is 337 g/mol. The van der Waals surface area contributed by atoms with E-state index in [0.29, 0.717) is 23.4 Å². The lowest BCUT2D eigenvalue weighted by molar-refractivity contribution is 0.0697. The van der Waals surface area contributed by atoms with Crippen molar-refractivity contribution in [3.8, 4) is 5.75 Å². The summed E-state index contributed by atoms with van der Waals surface area (Å²) in [4.78, 5) is 15.1. The van der Waals surface area contributed by atoms with E-state index in [9.17, 15) is 4.79 Å². The van der Waals surface area contributed by atoms with Crippen molar-refractivity contribution in [2.45, 2.75) is 0 Å². The van der Waals surface area contributed by atoms with E-state index in [0.717, 1.165) is 5.75 Å². The molecule has 0 fully saturated rings. The average Bonchev–Trinajstić information content (AvgIpc) is 2.45. The van der Waals surface area contributed by atoms with Crippen LogP contribution in [0.2, 0.25) is 0 Å². The number of para-hydroxylation sites is 1. The Morgan fingerprint density at radius 3 is 2.80 bits per heavy atom. The number of nitrogens with one attached hydrogen (secondary N) is 1. The molecule has 2 aromatic rings. The first kappa shape index (κ1) is 14.3. The number of carboxylic acid groups (broad SMARTS) is 1. The van der Waals surface area contributed by atoms with Crippen molar-refractivity contribution in [2.75, 3.05) is 18.5 Å². The second-order valence-corrected chi connectivity index (χ2v) is 4.86. The van der Waals surface area contributed by atoms with Crippen molar-refractivity contribution in [2.24, 2.45) is 0 Å². The molecule has 0 saturated carbocycles. The molecular formula is C14H13BrN2O3. The van der Waals surface area contributed by atoms with Crippen LogP contribution in [0.4, 0.5) is 5.82 Å². The highest BCUT2D eigenvalue weighted by atomic mass is 79.9. The Bertz CT molecular complexity index is 590. The minimum atomic E-state index is -1.02. The Labute approximate surface area is 124 Å². The summed E-state index contributed by atoms with van der Waals surface area (Å²) in [5.41, 5.74) is 0.124. The van der Waals surface area contributed by atoms with Gasteiger partial charge in [-0.2, -0.15) is 0 Å². The Kier molecular flexibility index (Phi) is 4.95. The van der Waals surface area contributed by atoms with Gasteiger partial charge >= 0.3 is 5.97 Å². The highest BCUT2D eigenvalue weighted by Gasteiger charge is 2.11. The molecule has 104 valence electrons. The van der Waals surface area contributed by atoms with Crippen molar-refractivity contribution in [3.05, 3.63) is 52.6 Å². The Balaban J connectivity index is 1.90. The highest BCUT2D eigenvalue weighted by molar-refractivity contribution is 9.10. The van der Waals surface area contributed by atoms with Crippen molar-refractivity contribution in [1.82, 2.24) is 4.98 Å². The number of hydrogen-bond donors (Lipinski definition) is 2. The van der Waals surface area contributed by atoms with Crippen molar-refractivity contribution < 1.29 is 14.6 Å². The van der Waals surface area contributed by atoms with E-state index in [1.54, 1.807) is 6.20 Å². The van der Waals surface area contributed by atoms with Gasteiger partial charge in [-0.3, -0.25) is 0 Å². The van der Waals surface area contributed by atoms with Crippen LogP contribution in [-0.2, 0) is 0 Å². The molecule has 0 unspecified atom stereocenters. The lowest BCUT2D eigenvalue weighted by Gasteiger charge is -2.10. The number of aromatic carboxylic acids is 1. The Morgan fingerprint density at radius 2 is 2.10 bits per heavy atom. The molecule has 0 radical (unpaired) electrons. The summed E-state index contributed by atoms with van der Waals surface area (Å²) in [6.45, 7) is 0.880. The van der Waals surface area contributed by atoms with Crippen LogP contribution >= 0.6 is 15.9 Å². The van der Waals surface area contributed by atoms with Gasteiger partial charge in [0.1, 0.15) is 23.7 Å². The molecule has 0 aliphatic rings. The smallest absolute Gasteiger partial charge is 0.339 e.